The number of alkyl halides is 3. The van der Waals surface area contributed by atoms with Crippen molar-refractivity contribution in [3.05, 3.63) is 72.1 Å². The Hall–Kier alpha value is -3.52. The summed E-state index contributed by atoms with van der Waals surface area (Å²) in [6.07, 6.45) is -1.55. The Morgan fingerprint density at radius 3 is 2.36 bits per heavy atom. The second kappa shape index (κ2) is 9.85. The number of carbonyl (C=O) groups excluding carboxylic acids is 1. The summed E-state index contributed by atoms with van der Waals surface area (Å²) in [6, 6.07) is 4.47. The van der Waals surface area contributed by atoms with Crippen LogP contribution in [0, 0.1) is 11.6 Å². The van der Waals surface area contributed by atoms with Crippen LogP contribution in [-0.4, -0.2) is 46.2 Å². The summed E-state index contributed by atoms with van der Waals surface area (Å²) in [7, 11) is -4.05. The predicted molar refractivity (Wildman–Crippen MR) is 115 cm³/mol. The molecule has 0 saturated carbocycles. The highest BCUT2D eigenvalue weighted by Crippen LogP contribution is 2.29. The Bertz CT molecular complexity index is 1370. The topological polar surface area (TPSA) is 105 Å². The molecule has 1 atom stereocenters. The van der Waals surface area contributed by atoms with Crippen molar-refractivity contribution >= 4 is 15.9 Å². The SMILES string of the molecule is O=C(NCc1cc(-c2cnc(C(F)(F)F)nc2)c(F)cn1)C1CCCN1S(=O)(=O)c1ccc(F)cc1. The normalized spacial score (nSPS) is 16.8. The number of nitrogens with zero attached hydrogens (tertiary/aromatic N) is 4. The van der Waals surface area contributed by atoms with Gasteiger partial charge < -0.3 is 5.32 Å². The van der Waals surface area contributed by atoms with E-state index in [1.165, 1.54) is 6.07 Å². The molecule has 1 saturated heterocycles. The molecule has 1 aliphatic rings. The van der Waals surface area contributed by atoms with E-state index in [0.29, 0.717) is 6.42 Å². The molecule has 190 valence electrons. The van der Waals surface area contributed by atoms with Crippen LogP contribution in [0.4, 0.5) is 22.0 Å². The Kier molecular flexibility index (Phi) is 7.00. The lowest BCUT2D eigenvalue weighted by atomic mass is 10.1. The van der Waals surface area contributed by atoms with Crippen LogP contribution in [0.25, 0.3) is 11.1 Å². The van der Waals surface area contributed by atoms with Gasteiger partial charge in [0.15, 0.2) is 0 Å². The Balaban J connectivity index is 1.47. The van der Waals surface area contributed by atoms with Crippen molar-refractivity contribution in [3.63, 3.8) is 0 Å². The van der Waals surface area contributed by atoms with Crippen molar-refractivity contribution in [1.29, 1.82) is 0 Å². The number of pyridine rings is 1. The summed E-state index contributed by atoms with van der Waals surface area (Å²) in [5, 5.41) is 2.56. The van der Waals surface area contributed by atoms with Crippen LogP contribution in [-0.2, 0) is 27.5 Å². The minimum absolute atomic E-state index is 0.0252. The molecule has 4 rings (SSSR count). The summed E-state index contributed by atoms with van der Waals surface area (Å²) in [4.78, 5) is 22.9. The molecule has 0 spiro atoms. The molecule has 1 aromatic carbocycles. The van der Waals surface area contributed by atoms with E-state index in [-0.39, 0.29) is 41.2 Å². The van der Waals surface area contributed by atoms with Gasteiger partial charge in [0, 0.05) is 30.1 Å². The van der Waals surface area contributed by atoms with Crippen LogP contribution >= 0.6 is 0 Å². The number of carbonyl (C=O) groups is 1. The van der Waals surface area contributed by atoms with Crippen LogP contribution in [0.15, 0.2) is 53.8 Å². The molecule has 14 heteroatoms. The van der Waals surface area contributed by atoms with E-state index in [1.54, 1.807) is 0 Å². The standard InChI is InChI=1S/C22H18F5N5O3S/c23-14-3-5-16(6-4-14)36(34,35)32-7-1-2-19(32)20(33)29-11-15-8-17(18(24)12-28-15)13-9-30-21(31-10-13)22(25,26)27/h3-6,8-10,12,19H,1-2,7,11H2,(H,29,33). The Morgan fingerprint density at radius 2 is 1.72 bits per heavy atom. The van der Waals surface area contributed by atoms with Crippen LogP contribution in [0.1, 0.15) is 24.4 Å². The Morgan fingerprint density at radius 1 is 1.06 bits per heavy atom. The lowest BCUT2D eigenvalue weighted by Crippen LogP contribution is -2.45. The quantitative estimate of drug-likeness (QED) is 0.494. The van der Waals surface area contributed by atoms with Crippen molar-refractivity contribution in [2.24, 2.45) is 0 Å². The third-order valence-electron chi connectivity index (χ3n) is 5.50. The first-order chi connectivity index (χ1) is 17.0. The number of benzene rings is 1. The number of amides is 1. The number of halogens is 5. The highest BCUT2D eigenvalue weighted by Gasteiger charge is 2.39. The van der Waals surface area contributed by atoms with E-state index in [1.807, 2.05) is 0 Å². The van der Waals surface area contributed by atoms with Gasteiger partial charge in [0.05, 0.1) is 23.3 Å². The summed E-state index contributed by atoms with van der Waals surface area (Å²) in [5.74, 6) is -3.41. The van der Waals surface area contributed by atoms with E-state index >= 15 is 0 Å². The number of hydrogen-bond donors (Lipinski definition) is 1. The molecule has 0 bridgehead atoms. The molecule has 8 nitrogen and oxygen atoms in total. The van der Waals surface area contributed by atoms with E-state index in [2.05, 4.69) is 20.3 Å². The maximum absolute atomic E-state index is 14.3. The van der Waals surface area contributed by atoms with Crippen molar-refractivity contribution in [3.8, 4) is 11.1 Å². The van der Waals surface area contributed by atoms with E-state index < -0.39 is 45.6 Å². The van der Waals surface area contributed by atoms with E-state index in [0.717, 1.165) is 47.2 Å². The van der Waals surface area contributed by atoms with E-state index in [4.69, 9.17) is 0 Å². The molecule has 1 unspecified atom stereocenters. The molecule has 36 heavy (non-hydrogen) atoms. The number of hydrogen-bond acceptors (Lipinski definition) is 6. The first-order valence-corrected chi connectivity index (χ1v) is 12.0. The summed E-state index contributed by atoms with van der Waals surface area (Å²) < 4.78 is 92.4. The fourth-order valence-electron chi connectivity index (χ4n) is 3.74. The zero-order valence-corrected chi connectivity index (χ0v) is 19.2. The van der Waals surface area contributed by atoms with Gasteiger partial charge in [0.1, 0.15) is 17.7 Å². The van der Waals surface area contributed by atoms with Gasteiger partial charge in [0.25, 0.3) is 0 Å². The van der Waals surface area contributed by atoms with Gasteiger partial charge in [-0.3, -0.25) is 9.78 Å². The Labute approximate surface area is 202 Å². The molecule has 0 radical (unpaired) electrons. The number of aromatic nitrogens is 3. The van der Waals surface area contributed by atoms with Crippen LogP contribution in [0.2, 0.25) is 0 Å². The van der Waals surface area contributed by atoms with Crippen molar-refractivity contribution in [2.45, 2.75) is 36.5 Å². The summed E-state index contributed by atoms with van der Waals surface area (Å²) >= 11 is 0. The van der Waals surface area contributed by atoms with Crippen LogP contribution < -0.4 is 5.32 Å². The molecule has 2 aromatic heterocycles. The number of rotatable bonds is 6. The highest BCUT2D eigenvalue weighted by molar-refractivity contribution is 7.89. The lowest BCUT2D eigenvalue weighted by Gasteiger charge is -2.23. The average molecular weight is 527 g/mol. The molecular formula is C22H18F5N5O3S. The third kappa shape index (κ3) is 5.33. The molecular weight excluding hydrogens is 509 g/mol. The molecule has 1 amide bonds. The first kappa shape index (κ1) is 25.6. The second-order valence-corrected chi connectivity index (χ2v) is 9.78. The fourth-order valence-corrected chi connectivity index (χ4v) is 5.40. The van der Waals surface area contributed by atoms with Gasteiger partial charge in [-0.1, -0.05) is 0 Å². The predicted octanol–water partition coefficient (Wildman–Crippen LogP) is 3.31. The molecule has 3 aromatic rings. The fraction of sp³-hybridized carbons (Fsp3) is 0.273. The molecule has 1 aliphatic heterocycles. The van der Waals surface area contributed by atoms with Crippen LogP contribution in [0.3, 0.4) is 0 Å². The minimum Gasteiger partial charge on any atom is -0.349 e. The van der Waals surface area contributed by atoms with Crippen molar-refractivity contribution < 1.29 is 35.2 Å². The van der Waals surface area contributed by atoms with Crippen molar-refractivity contribution in [2.75, 3.05) is 6.54 Å². The van der Waals surface area contributed by atoms with Crippen LogP contribution in [0.5, 0.6) is 0 Å². The molecule has 3 heterocycles. The van der Waals surface area contributed by atoms with Gasteiger partial charge in [0.2, 0.25) is 21.8 Å². The van der Waals surface area contributed by atoms with Gasteiger partial charge >= 0.3 is 6.18 Å². The zero-order valence-electron chi connectivity index (χ0n) is 18.3. The average Bonchev–Trinajstić information content (AvgIpc) is 3.34. The van der Waals surface area contributed by atoms with Crippen molar-refractivity contribution in [1.82, 2.24) is 24.6 Å². The largest absolute Gasteiger partial charge is 0.451 e. The smallest absolute Gasteiger partial charge is 0.349 e. The lowest BCUT2D eigenvalue weighted by molar-refractivity contribution is -0.145. The summed E-state index contributed by atoms with van der Waals surface area (Å²) in [6.45, 7) is -0.0980. The maximum Gasteiger partial charge on any atom is 0.451 e. The van der Waals surface area contributed by atoms with Gasteiger partial charge in [-0.25, -0.2) is 27.2 Å². The number of sulfonamides is 1. The van der Waals surface area contributed by atoms with E-state index in [9.17, 15) is 35.2 Å². The highest BCUT2D eigenvalue weighted by atomic mass is 32.2. The second-order valence-electron chi connectivity index (χ2n) is 7.89. The number of nitrogens with one attached hydrogen (secondary N) is 1. The summed E-state index contributed by atoms with van der Waals surface area (Å²) in [5.41, 5.74) is 0.0257. The monoisotopic (exact) mass is 527 g/mol. The third-order valence-corrected chi connectivity index (χ3v) is 7.42. The molecule has 0 aliphatic carbocycles. The molecule has 1 fully saturated rings. The minimum atomic E-state index is -4.75. The first-order valence-electron chi connectivity index (χ1n) is 10.6. The van der Waals surface area contributed by atoms with Gasteiger partial charge in [-0.15, -0.1) is 0 Å². The molecule has 1 N–H and O–H groups in total. The van der Waals surface area contributed by atoms with Gasteiger partial charge in [-0.05, 0) is 43.2 Å². The maximum atomic E-state index is 14.3. The van der Waals surface area contributed by atoms with Gasteiger partial charge in [-0.2, -0.15) is 17.5 Å². The zero-order chi connectivity index (χ0) is 26.1.